The van der Waals surface area contributed by atoms with Crippen LogP contribution in [0, 0.1) is 11.7 Å². The number of hydrogen-bond donors (Lipinski definition) is 1. The Morgan fingerprint density at radius 2 is 2.07 bits per heavy atom. The predicted octanol–water partition coefficient (Wildman–Crippen LogP) is 1.46. The van der Waals surface area contributed by atoms with E-state index in [1.54, 1.807) is 18.2 Å². The first-order valence-corrected chi connectivity index (χ1v) is 10.6. The van der Waals surface area contributed by atoms with Crippen LogP contribution in [-0.2, 0) is 15.8 Å². The molecule has 10 heteroatoms. The van der Waals surface area contributed by atoms with E-state index in [9.17, 15) is 12.8 Å². The number of anilines is 1. The van der Waals surface area contributed by atoms with Gasteiger partial charge >= 0.3 is 0 Å². The van der Waals surface area contributed by atoms with Gasteiger partial charge in [-0.1, -0.05) is 12.1 Å². The van der Waals surface area contributed by atoms with Gasteiger partial charge < -0.3 is 15.4 Å². The van der Waals surface area contributed by atoms with Gasteiger partial charge in [0.25, 0.3) is 10.0 Å². The van der Waals surface area contributed by atoms with Crippen LogP contribution in [0.1, 0.15) is 24.0 Å². The Hall–Kier alpha value is -2.75. The van der Waals surface area contributed by atoms with Crippen molar-refractivity contribution < 1.29 is 17.5 Å². The van der Waals surface area contributed by atoms with E-state index >= 15 is 0 Å². The molecule has 0 aliphatic carbocycles. The molecule has 28 heavy (non-hydrogen) atoms. The van der Waals surface area contributed by atoms with Crippen LogP contribution in [0.5, 0.6) is 5.75 Å². The molecule has 0 radical (unpaired) electrons. The summed E-state index contributed by atoms with van der Waals surface area (Å²) in [6.45, 7) is 1.94. The monoisotopic (exact) mass is 405 g/mol. The third kappa shape index (κ3) is 3.91. The van der Waals surface area contributed by atoms with Crippen molar-refractivity contribution in [3.8, 4) is 5.75 Å². The van der Waals surface area contributed by atoms with Crippen LogP contribution < -0.4 is 15.4 Å². The maximum absolute atomic E-state index is 13.0. The molecule has 1 aromatic heterocycles. The highest BCUT2D eigenvalue weighted by Gasteiger charge is 2.27. The van der Waals surface area contributed by atoms with Gasteiger partial charge in [0.1, 0.15) is 11.6 Å². The number of halogens is 1. The highest BCUT2D eigenvalue weighted by Crippen LogP contribution is 2.29. The fourth-order valence-electron chi connectivity index (χ4n) is 3.59. The Kier molecular flexibility index (Phi) is 4.88. The molecular weight excluding hydrogens is 385 g/mol. The lowest BCUT2D eigenvalue weighted by atomic mass is 9.99. The Morgan fingerprint density at radius 1 is 1.29 bits per heavy atom. The van der Waals surface area contributed by atoms with Gasteiger partial charge in [0.15, 0.2) is 5.82 Å². The van der Waals surface area contributed by atoms with Gasteiger partial charge in [0.05, 0.1) is 30.3 Å². The molecule has 8 nitrogen and oxygen atoms in total. The van der Waals surface area contributed by atoms with Crippen LogP contribution >= 0.6 is 0 Å². The van der Waals surface area contributed by atoms with Crippen molar-refractivity contribution in [2.24, 2.45) is 16.0 Å². The number of amidine groups is 1. The molecule has 0 spiro atoms. The van der Waals surface area contributed by atoms with Gasteiger partial charge in [0.2, 0.25) is 5.95 Å². The Labute approximate surface area is 162 Å². The summed E-state index contributed by atoms with van der Waals surface area (Å²) in [4.78, 5) is 10.1. The van der Waals surface area contributed by atoms with E-state index in [0.717, 1.165) is 31.8 Å². The molecule has 0 amide bonds. The summed E-state index contributed by atoms with van der Waals surface area (Å²) in [5.41, 5.74) is 7.02. The van der Waals surface area contributed by atoms with Gasteiger partial charge in [0, 0.05) is 19.0 Å². The summed E-state index contributed by atoms with van der Waals surface area (Å²) in [6.07, 6.45) is 4.25. The first-order chi connectivity index (χ1) is 13.4. The number of hydrogen-bond acceptors (Lipinski definition) is 7. The van der Waals surface area contributed by atoms with E-state index in [2.05, 4.69) is 14.4 Å². The zero-order valence-electron chi connectivity index (χ0n) is 15.1. The molecule has 1 aromatic carbocycles. The number of nitrogens with zero attached hydrogens (tertiary/aromatic N) is 4. The zero-order valence-corrected chi connectivity index (χ0v) is 15.9. The van der Waals surface area contributed by atoms with Crippen molar-refractivity contribution in [2.45, 2.75) is 18.6 Å². The topological polar surface area (TPSA) is 111 Å². The van der Waals surface area contributed by atoms with Crippen molar-refractivity contribution in [2.75, 3.05) is 24.6 Å². The summed E-state index contributed by atoms with van der Waals surface area (Å²) in [7, 11) is -3.58. The van der Waals surface area contributed by atoms with Gasteiger partial charge in [-0.25, -0.2) is 22.8 Å². The molecule has 2 aliphatic heterocycles. The van der Waals surface area contributed by atoms with E-state index in [1.807, 2.05) is 4.90 Å². The minimum absolute atomic E-state index is 0.0400. The molecule has 1 atom stereocenters. The van der Waals surface area contributed by atoms with Crippen LogP contribution in [0.4, 0.5) is 10.3 Å². The van der Waals surface area contributed by atoms with Crippen molar-refractivity contribution in [3.63, 3.8) is 0 Å². The SMILES string of the molecule is NC1=NS(=O)(=O)Cc2cccc(OC[C@H]3CCCN(c4ncc(F)cn4)C3)c21. The van der Waals surface area contributed by atoms with E-state index < -0.39 is 15.8 Å². The first-order valence-electron chi connectivity index (χ1n) is 8.97. The van der Waals surface area contributed by atoms with Crippen LogP contribution in [-0.4, -0.2) is 43.9 Å². The molecule has 2 N–H and O–H groups in total. The quantitative estimate of drug-likeness (QED) is 0.820. The van der Waals surface area contributed by atoms with Gasteiger partial charge in [-0.05, 0) is 24.5 Å². The van der Waals surface area contributed by atoms with E-state index in [-0.39, 0.29) is 17.5 Å². The largest absolute Gasteiger partial charge is 0.492 e. The minimum atomic E-state index is -3.58. The van der Waals surface area contributed by atoms with Gasteiger partial charge in [-0.2, -0.15) is 0 Å². The molecule has 1 saturated heterocycles. The van der Waals surface area contributed by atoms with Crippen molar-refractivity contribution in [3.05, 3.63) is 47.5 Å². The third-order valence-corrected chi connectivity index (χ3v) is 5.98. The van der Waals surface area contributed by atoms with Crippen LogP contribution in [0.2, 0.25) is 0 Å². The lowest BCUT2D eigenvalue weighted by Gasteiger charge is -2.32. The number of aromatic nitrogens is 2. The fourth-order valence-corrected chi connectivity index (χ4v) is 4.68. The summed E-state index contributed by atoms with van der Waals surface area (Å²) < 4.78 is 46.2. The van der Waals surface area contributed by atoms with E-state index in [0.29, 0.717) is 36.0 Å². The number of sulfonamides is 1. The van der Waals surface area contributed by atoms with E-state index in [1.165, 1.54) is 0 Å². The van der Waals surface area contributed by atoms with Gasteiger partial charge in [-0.3, -0.25) is 0 Å². The Balaban J connectivity index is 1.46. The minimum Gasteiger partial charge on any atom is -0.492 e. The molecule has 1 fully saturated rings. The molecule has 0 bridgehead atoms. The average molecular weight is 405 g/mol. The Morgan fingerprint density at radius 3 is 2.86 bits per heavy atom. The van der Waals surface area contributed by atoms with Crippen molar-refractivity contribution >= 4 is 21.8 Å². The maximum atomic E-state index is 13.0. The summed E-state index contributed by atoms with van der Waals surface area (Å²) in [5, 5.41) is 0. The maximum Gasteiger partial charge on any atom is 0.259 e. The lowest BCUT2D eigenvalue weighted by Crippen LogP contribution is -2.38. The third-order valence-electron chi connectivity index (χ3n) is 4.83. The molecule has 3 heterocycles. The van der Waals surface area contributed by atoms with Crippen molar-refractivity contribution in [1.29, 1.82) is 0 Å². The zero-order chi connectivity index (χ0) is 19.7. The number of rotatable bonds is 4. The lowest BCUT2D eigenvalue weighted by molar-refractivity contribution is 0.227. The summed E-state index contributed by atoms with van der Waals surface area (Å²) >= 11 is 0. The number of fused-ring (bicyclic) bond motifs is 1. The Bertz CT molecular complexity index is 1010. The van der Waals surface area contributed by atoms with Crippen LogP contribution in [0.15, 0.2) is 35.0 Å². The summed E-state index contributed by atoms with van der Waals surface area (Å²) in [6, 6.07) is 5.24. The standard InChI is InChI=1S/C18H20FN5O3S/c19-14-7-21-18(22-8-14)24-6-2-3-12(9-24)10-27-15-5-1-4-13-11-28(25,26)23-17(20)16(13)15/h1,4-5,7-8,12H,2-3,6,9-11H2,(H2,20,23)/t12-/m0/s1. The summed E-state index contributed by atoms with van der Waals surface area (Å²) in [5.74, 6) is 0.578. The molecule has 0 saturated carbocycles. The molecular formula is C18H20FN5O3S. The highest BCUT2D eigenvalue weighted by atomic mass is 32.2. The molecule has 4 rings (SSSR count). The van der Waals surface area contributed by atoms with E-state index in [4.69, 9.17) is 10.5 Å². The number of piperidine rings is 1. The molecule has 2 aliphatic rings. The number of benzene rings is 1. The second-order valence-corrected chi connectivity index (χ2v) is 8.59. The van der Waals surface area contributed by atoms with Gasteiger partial charge in [-0.15, -0.1) is 4.40 Å². The predicted molar refractivity (Wildman–Crippen MR) is 102 cm³/mol. The first kappa shape index (κ1) is 18.6. The van der Waals surface area contributed by atoms with Crippen LogP contribution in [0.25, 0.3) is 0 Å². The smallest absolute Gasteiger partial charge is 0.259 e. The fraction of sp³-hybridized carbons (Fsp3) is 0.389. The molecule has 2 aromatic rings. The second-order valence-electron chi connectivity index (χ2n) is 6.96. The normalized spacial score (nSPS) is 21.0. The number of ether oxygens (including phenoxy) is 1. The second kappa shape index (κ2) is 7.34. The molecule has 148 valence electrons. The van der Waals surface area contributed by atoms with Crippen molar-refractivity contribution in [1.82, 2.24) is 9.97 Å². The van der Waals surface area contributed by atoms with Crippen LogP contribution in [0.3, 0.4) is 0 Å². The molecule has 0 unspecified atom stereocenters. The number of nitrogens with two attached hydrogens (primary N) is 1. The highest BCUT2D eigenvalue weighted by molar-refractivity contribution is 7.89. The average Bonchev–Trinajstić information content (AvgIpc) is 2.66.